The van der Waals surface area contributed by atoms with Crippen LogP contribution in [0.2, 0.25) is 0 Å². The van der Waals surface area contributed by atoms with E-state index in [1.165, 1.54) is 11.3 Å². The van der Waals surface area contributed by atoms with Gasteiger partial charge in [0.15, 0.2) is 0 Å². The van der Waals surface area contributed by atoms with Gasteiger partial charge in [-0.05, 0) is 18.3 Å². The van der Waals surface area contributed by atoms with Crippen molar-refractivity contribution in [1.82, 2.24) is 9.78 Å². The number of nitrogens with two attached hydrogens (primary N) is 1. The van der Waals surface area contributed by atoms with Crippen LogP contribution in [0, 0.1) is 5.41 Å². The minimum absolute atomic E-state index is 0.0929. The number of nitrogens with zero attached hydrogens (tertiary/aromatic N) is 3. The van der Waals surface area contributed by atoms with E-state index in [0.717, 1.165) is 31.2 Å². The summed E-state index contributed by atoms with van der Waals surface area (Å²) in [4.78, 5) is 26.5. The van der Waals surface area contributed by atoms with E-state index in [9.17, 15) is 9.59 Å². The fourth-order valence-corrected chi connectivity index (χ4v) is 3.80. The topological polar surface area (TPSA) is 81.2 Å². The number of imide groups is 1. The molecule has 1 saturated heterocycles. The average Bonchev–Trinajstić information content (AvgIpc) is 2.80. The molecule has 2 heterocycles. The molecule has 2 aliphatic rings. The molecule has 0 unspecified atom stereocenters. The Morgan fingerprint density at radius 2 is 1.81 bits per heavy atom. The lowest BCUT2D eigenvalue weighted by Crippen LogP contribution is -2.49. The number of aryl methyl sites for hydroxylation is 1. The minimum atomic E-state index is -0.105. The van der Waals surface area contributed by atoms with Crippen LogP contribution in [-0.4, -0.2) is 21.6 Å². The van der Waals surface area contributed by atoms with Crippen molar-refractivity contribution in [3.63, 3.8) is 0 Å². The lowest BCUT2D eigenvalue weighted by atomic mass is 9.67. The summed E-state index contributed by atoms with van der Waals surface area (Å²) in [6, 6.07) is 0. The van der Waals surface area contributed by atoms with Crippen molar-refractivity contribution in [3.8, 4) is 0 Å². The van der Waals surface area contributed by atoms with Crippen molar-refractivity contribution in [1.29, 1.82) is 0 Å². The average molecular weight is 290 g/mol. The summed E-state index contributed by atoms with van der Waals surface area (Å²) in [6.45, 7) is 0.269. The maximum absolute atomic E-state index is 12.6. The molecule has 6 heteroatoms. The molecule has 2 N–H and O–H groups in total. The number of rotatable bonds is 2. The maximum atomic E-state index is 12.6. The number of piperidine rings is 1. The van der Waals surface area contributed by atoms with E-state index in [4.69, 9.17) is 5.73 Å². The molecule has 21 heavy (non-hydrogen) atoms. The molecule has 0 aromatic carbocycles. The number of amides is 2. The number of hydrogen-bond donors (Lipinski definition) is 1. The SMILES string of the molecule is Cn1ncc(CN)c1N1C(=O)CC2(CCCCC2)CC1=O. The Morgan fingerprint density at radius 1 is 1.19 bits per heavy atom. The van der Waals surface area contributed by atoms with E-state index < -0.39 is 0 Å². The van der Waals surface area contributed by atoms with Crippen LogP contribution in [0.25, 0.3) is 0 Å². The standard InChI is InChI=1S/C15H22N4O2/c1-18-14(11(9-16)10-17-18)19-12(20)7-15(8-13(19)21)5-3-2-4-6-15/h10H,2-9,16H2,1H3. The third kappa shape index (κ3) is 2.37. The monoisotopic (exact) mass is 290 g/mol. The van der Waals surface area contributed by atoms with Crippen molar-refractivity contribution >= 4 is 17.6 Å². The van der Waals surface area contributed by atoms with E-state index in [1.54, 1.807) is 17.9 Å². The normalized spacial score (nSPS) is 22.1. The quantitative estimate of drug-likeness (QED) is 0.837. The molecule has 114 valence electrons. The van der Waals surface area contributed by atoms with Crippen LogP contribution >= 0.6 is 0 Å². The molecule has 1 aromatic heterocycles. The van der Waals surface area contributed by atoms with Gasteiger partial charge in [0, 0.05) is 32.0 Å². The van der Waals surface area contributed by atoms with Gasteiger partial charge in [-0.15, -0.1) is 0 Å². The summed E-state index contributed by atoms with van der Waals surface area (Å²) in [5.74, 6) is 0.330. The first-order valence-corrected chi connectivity index (χ1v) is 7.63. The summed E-state index contributed by atoms with van der Waals surface area (Å²) in [7, 11) is 1.74. The van der Waals surface area contributed by atoms with Crippen molar-refractivity contribution in [2.75, 3.05) is 4.90 Å². The zero-order valence-corrected chi connectivity index (χ0v) is 12.5. The Bertz CT molecular complexity index is 552. The van der Waals surface area contributed by atoms with Crippen LogP contribution in [0.15, 0.2) is 6.20 Å². The van der Waals surface area contributed by atoms with Crippen LogP contribution < -0.4 is 10.6 Å². The zero-order valence-electron chi connectivity index (χ0n) is 12.5. The fraction of sp³-hybridized carbons (Fsp3) is 0.667. The Kier molecular flexibility index (Phi) is 3.57. The molecule has 3 rings (SSSR count). The second-order valence-electron chi connectivity index (χ2n) is 6.36. The Hall–Kier alpha value is -1.69. The number of carbonyl (C=O) groups excluding carboxylic acids is 2. The number of hydrogen-bond acceptors (Lipinski definition) is 4. The first kappa shape index (κ1) is 14.3. The molecular formula is C15H22N4O2. The summed E-state index contributed by atoms with van der Waals surface area (Å²) in [5, 5.41) is 4.13. The Labute approximate surface area is 124 Å². The van der Waals surface area contributed by atoms with Crippen LogP contribution in [0.4, 0.5) is 5.82 Å². The van der Waals surface area contributed by atoms with Crippen LogP contribution in [0.5, 0.6) is 0 Å². The van der Waals surface area contributed by atoms with E-state index in [-0.39, 0.29) is 23.8 Å². The summed E-state index contributed by atoms with van der Waals surface area (Å²) >= 11 is 0. The Balaban J connectivity index is 1.90. The lowest BCUT2D eigenvalue weighted by Gasteiger charge is -2.42. The first-order valence-electron chi connectivity index (χ1n) is 7.63. The second kappa shape index (κ2) is 5.26. The number of carbonyl (C=O) groups is 2. The summed E-state index contributed by atoms with van der Waals surface area (Å²) in [6.07, 6.45) is 8.01. The van der Waals surface area contributed by atoms with E-state index >= 15 is 0 Å². The number of aromatic nitrogens is 2. The highest BCUT2D eigenvalue weighted by atomic mass is 16.2. The van der Waals surface area contributed by atoms with Gasteiger partial charge in [-0.2, -0.15) is 5.10 Å². The molecule has 1 aromatic rings. The molecule has 0 atom stereocenters. The third-order valence-corrected chi connectivity index (χ3v) is 4.88. The predicted molar refractivity (Wildman–Crippen MR) is 78.3 cm³/mol. The second-order valence-corrected chi connectivity index (χ2v) is 6.36. The van der Waals surface area contributed by atoms with Crippen LogP contribution in [0.1, 0.15) is 50.5 Å². The Morgan fingerprint density at radius 3 is 2.38 bits per heavy atom. The molecule has 1 aliphatic carbocycles. The van der Waals surface area contributed by atoms with Gasteiger partial charge in [0.1, 0.15) is 5.82 Å². The summed E-state index contributed by atoms with van der Waals surface area (Å²) in [5.41, 5.74) is 6.34. The molecule has 6 nitrogen and oxygen atoms in total. The fourth-order valence-electron chi connectivity index (χ4n) is 3.80. The minimum Gasteiger partial charge on any atom is -0.326 e. The maximum Gasteiger partial charge on any atom is 0.235 e. The van der Waals surface area contributed by atoms with Crippen LogP contribution in [-0.2, 0) is 23.2 Å². The highest BCUT2D eigenvalue weighted by molar-refractivity contribution is 6.16. The van der Waals surface area contributed by atoms with Gasteiger partial charge in [-0.25, -0.2) is 4.90 Å². The van der Waals surface area contributed by atoms with E-state index in [1.807, 2.05) is 0 Å². The van der Waals surface area contributed by atoms with E-state index in [2.05, 4.69) is 5.10 Å². The lowest BCUT2D eigenvalue weighted by molar-refractivity contribution is -0.134. The molecule has 2 amide bonds. The van der Waals surface area contributed by atoms with Crippen LogP contribution in [0.3, 0.4) is 0 Å². The third-order valence-electron chi connectivity index (χ3n) is 4.88. The van der Waals surface area contributed by atoms with Gasteiger partial charge in [0.2, 0.25) is 11.8 Å². The molecular weight excluding hydrogens is 268 g/mol. The smallest absolute Gasteiger partial charge is 0.235 e. The molecule has 1 aliphatic heterocycles. The molecule has 1 saturated carbocycles. The van der Waals surface area contributed by atoms with Gasteiger partial charge in [-0.3, -0.25) is 14.3 Å². The predicted octanol–water partition coefficient (Wildman–Crippen LogP) is 1.48. The highest BCUT2D eigenvalue weighted by Crippen LogP contribution is 2.46. The van der Waals surface area contributed by atoms with Gasteiger partial charge in [0.25, 0.3) is 0 Å². The molecule has 0 bridgehead atoms. The molecule has 1 spiro atoms. The van der Waals surface area contributed by atoms with Gasteiger partial charge < -0.3 is 5.73 Å². The zero-order chi connectivity index (χ0) is 15.0. The molecule has 2 fully saturated rings. The van der Waals surface area contributed by atoms with Crippen molar-refractivity contribution in [3.05, 3.63) is 11.8 Å². The van der Waals surface area contributed by atoms with Gasteiger partial charge in [0.05, 0.1) is 6.20 Å². The van der Waals surface area contributed by atoms with Gasteiger partial charge in [-0.1, -0.05) is 19.3 Å². The van der Waals surface area contributed by atoms with E-state index in [0.29, 0.717) is 18.7 Å². The van der Waals surface area contributed by atoms with Crippen molar-refractivity contribution in [2.45, 2.75) is 51.5 Å². The largest absolute Gasteiger partial charge is 0.326 e. The van der Waals surface area contributed by atoms with Gasteiger partial charge >= 0.3 is 0 Å². The highest BCUT2D eigenvalue weighted by Gasteiger charge is 2.45. The molecule has 0 radical (unpaired) electrons. The number of anilines is 1. The first-order chi connectivity index (χ1) is 10.1. The summed E-state index contributed by atoms with van der Waals surface area (Å²) < 4.78 is 1.57. The van der Waals surface area contributed by atoms with Crippen molar-refractivity contribution < 1.29 is 9.59 Å². The van der Waals surface area contributed by atoms with Crippen molar-refractivity contribution in [2.24, 2.45) is 18.2 Å².